The molecule has 146 valence electrons. The number of nitrogens with one attached hydrogen (secondary N) is 1. The maximum Gasteiger partial charge on any atom is 0.308 e. The summed E-state index contributed by atoms with van der Waals surface area (Å²) in [5.74, 6) is 0.477. The number of piperidine rings is 1. The molecule has 3 aromatic rings. The topological polar surface area (TPSA) is 93.1 Å². The van der Waals surface area contributed by atoms with Crippen molar-refractivity contribution in [3.05, 3.63) is 47.5 Å². The molecular formula is C20H23N5O3. The third kappa shape index (κ3) is 3.37. The van der Waals surface area contributed by atoms with Crippen molar-refractivity contribution in [1.82, 2.24) is 24.6 Å². The number of fused-ring (bicyclic) bond motifs is 1. The molecule has 0 spiro atoms. The Morgan fingerprint density at radius 3 is 2.75 bits per heavy atom. The third-order valence-electron chi connectivity index (χ3n) is 5.34. The van der Waals surface area contributed by atoms with Crippen LogP contribution >= 0.6 is 0 Å². The molecule has 3 heterocycles. The second-order valence-electron chi connectivity index (χ2n) is 7.10. The van der Waals surface area contributed by atoms with Crippen LogP contribution in [0.1, 0.15) is 34.8 Å². The number of aromatic amines is 1. The van der Waals surface area contributed by atoms with E-state index in [1.807, 2.05) is 31.2 Å². The van der Waals surface area contributed by atoms with Gasteiger partial charge in [0, 0.05) is 13.1 Å². The van der Waals surface area contributed by atoms with Crippen LogP contribution in [0.5, 0.6) is 0 Å². The number of ether oxygens (including phenoxy) is 1. The standard InChI is InChI=1S/C20H23N5O3/c1-13-21-16-5-3-4-6-18(16)25(13)12-15-11-17(23-22-15)19(26)24-9-7-14(8-10-24)20(27)28-2/h3-6,11,14H,7-10,12H2,1-2H3,(H,22,23). The summed E-state index contributed by atoms with van der Waals surface area (Å²) in [6.07, 6.45) is 1.24. The highest BCUT2D eigenvalue weighted by atomic mass is 16.5. The van der Waals surface area contributed by atoms with E-state index in [1.165, 1.54) is 7.11 Å². The number of para-hydroxylation sites is 2. The van der Waals surface area contributed by atoms with Crippen LogP contribution in [-0.2, 0) is 16.1 Å². The summed E-state index contributed by atoms with van der Waals surface area (Å²) in [5, 5.41) is 7.18. The molecule has 8 heteroatoms. The maximum atomic E-state index is 12.7. The second-order valence-corrected chi connectivity index (χ2v) is 7.10. The minimum absolute atomic E-state index is 0.113. The van der Waals surface area contributed by atoms with E-state index >= 15 is 0 Å². The van der Waals surface area contributed by atoms with Crippen LogP contribution in [0.2, 0.25) is 0 Å². The first-order valence-electron chi connectivity index (χ1n) is 9.40. The number of benzene rings is 1. The molecule has 1 aromatic carbocycles. The number of carbonyl (C=O) groups excluding carboxylic acids is 2. The number of aryl methyl sites for hydroxylation is 1. The van der Waals surface area contributed by atoms with Crippen LogP contribution in [0.3, 0.4) is 0 Å². The molecule has 2 aromatic heterocycles. The fourth-order valence-electron chi connectivity index (χ4n) is 3.76. The van der Waals surface area contributed by atoms with Crippen LogP contribution in [0, 0.1) is 12.8 Å². The molecule has 1 saturated heterocycles. The van der Waals surface area contributed by atoms with Gasteiger partial charge in [-0.2, -0.15) is 5.10 Å². The van der Waals surface area contributed by atoms with E-state index in [1.54, 1.807) is 11.0 Å². The molecule has 1 aliphatic heterocycles. The summed E-state index contributed by atoms with van der Waals surface area (Å²) in [6, 6.07) is 9.76. The van der Waals surface area contributed by atoms with Crippen LogP contribution in [0.4, 0.5) is 0 Å². The molecule has 0 unspecified atom stereocenters. The maximum absolute atomic E-state index is 12.7. The number of carbonyl (C=O) groups is 2. The largest absolute Gasteiger partial charge is 0.469 e. The molecule has 1 amide bonds. The number of likely N-dealkylation sites (tertiary alicyclic amines) is 1. The number of hydrogen-bond acceptors (Lipinski definition) is 5. The van der Waals surface area contributed by atoms with Gasteiger partial charge in [-0.25, -0.2) is 4.98 Å². The van der Waals surface area contributed by atoms with Crippen molar-refractivity contribution in [3.63, 3.8) is 0 Å². The Labute approximate surface area is 162 Å². The molecule has 0 atom stereocenters. The minimum Gasteiger partial charge on any atom is -0.469 e. The quantitative estimate of drug-likeness (QED) is 0.699. The fraction of sp³-hybridized carbons (Fsp3) is 0.400. The molecule has 1 fully saturated rings. The number of methoxy groups -OCH3 is 1. The predicted octanol–water partition coefficient (Wildman–Crippen LogP) is 2.14. The highest BCUT2D eigenvalue weighted by Gasteiger charge is 2.29. The number of H-pyrrole nitrogens is 1. The van der Waals surface area contributed by atoms with Gasteiger partial charge in [-0.1, -0.05) is 12.1 Å². The van der Waals surface area contributed by atoms with E-state index in [9.17, 15) is 9.59 Å². The van der Waals surface area contributed by atoms with E-state index in [2.05, 4.69) is 19.7 Å². The lowest BCUT2D eigenvalue weighted by Gasteiger charge is -2.30. The van der Waals surface area contributed by atoms with Crippen molar-refractivity contribution in [2.75, 3.05) is 20.2 Å². The Morgan fingerprint density at radius 2 is 2.00 bits per heavy atom. The highest BCUT2D eigenvalue weighted by Crippen LogP contribution is 2.21. The monoisotopic (exact) mass is 381 g/mol. The van der Waals surface area contributed by atoms with Crippen molar-refractivity contribution in [3.8, 4) is 0 Å². The molecule has 0 aliphatic carbocycles. The summed E-state index contributed by atoms with van der Waals surface area (Å²) in [6.45, 7) is 3.60. The van der Waals surface area contributed by atoms with Crippen LogP contribution in [-0.4, -0.2) is 56.7 Å². The summed E-state index contributed by atoms with van der Waals surface area (Å²) in [5.41, 5.74) is 3.24. The number of amides is 1. The van der Waals surface area contributed by atoms with Crippen molar-refractivity contribution in [1.29, 1.82) is 0 Å². The van der Waals surface area contributed by atoms with Gasteiger partial charge < -0.3 is 14.2 Å². The number of esters is 1. The smallest absolute Gasteiger partial charge is 0.308 e. The Bertz CT molecular complexity index is 1010. The number of nitrogens with zero attached hydrogens (tertiary/aromatic N) is 4. The van der Waals surface area contributed by atoms with Crippen molar-refractivity contribution < 1.29 is 14.3 Å². The second kappa shape index (κ2) is 7.46. The van der Waals surface area contributed by atoms with Gasteiger partial charge in [-0.15, -0.1) is 0 Å². The SMILES string of the molecule is COC(=O)C1CCN(C(=O)c2cc(Cn3c(C)nc4ccccc43)[nH]n2)CC1. The van der Waals surface area contributed by atoms with E-state index in [-0.39, 0.29) is 17.8 Å². The van der Waals surface area contributed by atoms with Gasteiger partial charge in [0.2, 0.25) is 0 Å². The van der Waals surface area contributed by atoms with Gasteiger partial charge in [0.1, 0.15) is 11.5 Å². The van der Waals surface area contributed by atoms with Gasteiger partial charge >= 0.3 is 5.97 Å². The first-order valence-corrected chi connectivity index (χ1v) is 9.40. The highest BCUT2D eigenvalue weighted by molar-refractivity contribution is 5.92. The average molecular weight is 381 g/mol. The lowest BCUT2D eigenvalue weighted by molar-refractivity contribution is -0.146. The zero-order valence-electron chi connectivity index (χ0n) is 16.0. The Hall–Kier alpha value is -3.16. The normalized spacial score (nSPS) is 15.1. The first-order chi connectivity index (χ1) is 13.6. The summed E-state index contributed by atoms with van der Waals surface area (Å²) in [4.78, 5) is 30.7. The molecule has 0 bridgehead atoms. The molecule has 0 saturated carbocycles. The number of aromatic nitrogens is 4. The van der Waals surface area contributed by atoms with Gasteiger partial charge in [-0.3, -0.25) is 14.7 Å². The Balaban J connectivity index is 1.45. The van der Waals surface area contributed by atoms with Crippen molar-refractivity contribution >= 4 is 22.9 Å². The number of hydrogen-bond donors (Lipinski definition) is 1. The predicted molar refractivity (Wildman–Crippen MR) is 103 cm³/mol. The van der Waals surface area contributed by atoms with E-state index in [4.69, 9.17) is 4.74 Å². The molecule has 28 heavy (non-hydrogen) atoms. The lowest BCUT2D eigenvalue weighted by Crippen LogP contribution is -2.40. The van der Waals surface area contributed by atoms with Crippen LogP contribution in [0.25, 0.3) is 11.0 Å². The van der Waals surface area contributed by atoms with E-state index in [0.717, 1.165) is 22.6 Å². The molecular weight excluding hydrogens is 358 g/mol. The number of imidazole rings is 1. The molecule has 1 aliphatic rings. The van der Waals surface area contributed by atoms with Crippen molar-refractivity contribution in [2.45, 2.75) is 26.3 Å². The molecule has 0 radical (unpaired) electrons. The summed E-state index contributed by atoms with van der Waals surface area (Å²) >= 11 is 0. The van der Waals surface area contributed by atoms with Gasteiger partial charge in [0.25, 0.3) is 5.91 Å². The third-order valence-corrected chi connectivity index (χ3v) is 5.34. The first kappa shape index (κ1) is 18.2. The summed E-state index contributed by atoms with van der Waals surface area (Å²) < 4.78 is 6.89. The zero-order valence-corrected chi connectivity index (χ0v) is 16.0. The fourth-order valence-corrected chi connectivity index (χ4v) is 3.76. The number of rotatable bonds is 4. The lowest BCUT2D eigenvalue weighted by atomic mass is 9.97. The van der Waals surface area contributed by atoms with Gasteiger partial charge in [0.15, 0.2) is 0 Å². The van der Waals surface area contributed by atoms with Crippen molar-refractivity contribution in [2.24, 2.45) is 5.92 Å². The minimum atomic E-state index is -0.197. The van der Waals surface area contributed by atoms with Gasteiger partial charge in [-0.05, 0) is 38.0 Å². The zero-order chi connectivity index (χ0) is 19.7. The Morgan fingerprint density at radius 1 is 1.25 bits per heavy atom. The average Bonchev–Trinajstić information content (AvgIpc) is 3.32. The molecule has 1 N–H and O–H groups in total. The Kier molecular flexibility index (Phi) is 4.85. The van der Waals surface area contributed by atoms with Crippen LogP contribution in [0.15, 0.2) is 30.3 Å². The molecule has 4 rings (SSSR count). The molecule has 8 nitrogen and oxygen atoms in total. The van der Waals surface area contributed by atoms with Crippen LogP contribution < -0.4 is 0 Å². The summed E-state index contributed by atoms with van der Waals surface area (Å²) in [7, 11) is 1.40. The van der Waals surface area contributed by atoms with E-state index in [0.29, 0.717) is 38.2 Å². The van der Waals surface area contributed by atoms with E-state index < -0.39 is 0 Å². The van der Waals surface area contributed by atoms with Gasteiger partial charge in [0.05, 0.1) is 36.3 Å².